The van der Waals surface area contributed by atoms with Crippen LogP contribution in [0.2, 0.25) is 0 Å². The van der Waals surface area contributed by atoms with Crippen LogP contribution in [0.3, 0.4) is 0 Å². The first-order chi connectivity index (χ1) is 12.8. The quantitative estimate of drug-likeness (QED) is 0.514. The summed E-state index contributed by atoms with van der Waals surface area (Å²) in [7, 11) is 0. The first-order valence-electron chi connectivity index (χ1n) is 9.32. The molecule has 1 fully saturated rings. The lowest BCUT2D eigenvalue weighted by atomic mass is 9.89. The molecule has 132 valence electrons. The van der Waals surface area contributed by atoms with Gasteiger partial charge in [-0.2, -0.15) is 5.10 Å². The number of hydrogen-bond acceptors (Lipinski definition) is 2. The number of carbonyl (C=O) groups is 1. The van der Waals surface area contributed by atoms with E-state index in [1.165, 1.54) is 6.42 Å². The van der Waals surface area contributed by atoms with E-state index < -0.39 is 0 Å². The number of para-hydroxylation sites is 1. The molecule has 26 heavy (non-hydrogen) atoms. The summed E-state index contributed by atoms with van der Waals surface area (Å²) in [6.45, 7) is 0. The van der Waals surface area contributed by atoms with Gasteiger partial charge in [-0.1, -0.05) is 67.8 Å². The van der Waals surface area contributed by atoms with Crippen LogP contribution in [0, 0.1) is 5.92 Å². The van der Waals surface area contributed by atoms with Gasteiger partial charge >= 0.3 is 0 Å². The molecule has 0 radical (unpaired) electrons. The molecule has 3 aromatic rings. The first kappa shape index (κ1) is 16.6. The van der Waals surface area contributed by atoms with E-state index >= 15 is 0 Å². The highest BCUT2D eigenvalue weighted by atomic mass is 16.2. The van der Waals surface area contributed by atoms with Crippen LogP contribution in [0.1, 0.15) is 37.7 Å². The van der Waals surface area contributed by atoms with Crippen molar-refractivity contribution in [1.82, 2.24) is 10.4 Å². The highest BCUT2D eigenvalue weighted by Crippen LogP contribution is 2.29. The molecule has 1 aromatic heterocycles. The fourth-order valence-corrected chi connectivity index (χ4v) is 3.75. The lowest BCUT2D eigenvalue weighted by Crippen LogP contribution is -2.28. The van der Waals surface area contributed by atoms with Crippen molar-refractivity contribution in [2.24, 2.45) is 11.0 Å². The summed E-state index contributed by atoms with van der Waals surface area (Å²) < 4.78 is 0. The van der Waals surface area contributed by atoms with Crippen molar-refractivity contribution in [3.8, 4) is 11.3 Å². The second kappa shape index (κ2) is 7.56. The number of H-pyrrole nitrogens is 1. The lowest BCUT2D eigenvalue weighted by molar-refractivity contribution is -0.125. The van der Waals surface area contributed by atoms with Gasteiger partial charge in [0.25, 0.3) is 0 Å². The number of aromatic nitrogens is 1. The zero-order chi connectivity index (χ0) is 17.8. The van der Waals surface area contributed by atoms with E-state index in [0.717, 1.165) is 53.4 Å². The van der Waals surface area contributed by atoms with E-state index in [4.69, 9.17) is 0 Å². The maximum absolute atomic E-state index is 12.3. The van der Waals surface area contributed by atoms with Crippen LogP contribution >= 0.6 is 0 Å². The zero-order valence-electron chi connectivity index (χ0n) is 14.7. The Morgan fingerprint density at radius 3 is 2.54 bits per heavy atom. The van der Waals surface area contributed by atoms with Crippen LogP contribution in [-0.2, 0) is 4.79 Å². The molecule has 0 saturated heterocycles. The molecule has 1 heterocycles. The molecular weight excluding hydrogens is 322 g/mol. The van der Waals surface area contributed by atoms with E-state index in [9.17, 15) is 4.79 Å². The summed E-state index contributed by atoms with van der Waals surface area (Å²) in [6, 6.07) is 18.3. The molecular formula is C22H23N3O. The Morgan fingerprint density at radius 2 is 1.73 bits per heavy atom. The van der Waals surface area contributed by atoms with E-state index in [-0.39, 0.29) is 11.8 Å². The van der Waals surface area contributed by atoms with Gasteiger partial charge in [0.15, 0.2) is 0 Å². The van der Waals surface area contributed by atoms with Gasteiger partial charge in [0, 0.05) is 22.4 Å². The van der Waals surface area contributed by atoms with Crippen LogP contribution in [-0.4, -0.2) is 17.1 Å². The summed E-state index contributed by atoms with van der Waals surface area (Å²) >= 11 is 0. The number of fused-ring (bicyclic) bond motifs is 1. The van der Waals surface area contributed by atoms with Gasteiger partial charge < -0.3 is 4.98 Å². The molecule has 0 atom stereocenters. The fraction of sp³-hybridized carbons (Fsp3) is 0.273. The predicted octanol–water partition coefficient (Wildman–Crippen LogP) is 4.87. The van der Waals surface area contributed by atoms with Crippen LogP contribution in [0.25, 0.3) is 22.2 Å². The minimum Gasteiger partial charge on any atom is -0.354 e. The second-order valence-corrected chi connectivity index (χ2v) is 6.89. The zero-order valence-corrected chi connectivity index (χ0v) is 14.7. The van der Waals surface area contributed by atoms with Crippen LogP contribution < -0.4 is 5.43 Å². The third-order valence-corrected chi connectivity index (χ3v) is 5.15. The van der Waals surface area contributed by atoms with Crippen molar-refractivity contribution in [2.75, 3.05) is 0 Å². The van der Waals surface area contributed by atoms with Gasteiger partial charge in [0.2, 0.25) is 5.91 Å². The Bertz CT molecular complexity index is 921. The predicted molar refractivity (Wildman–Crippen MR) is 106 cm³/mol. The first-order valence-corrected chi connectivity index (χ1v) is 9.32. The summed E-state index contributed by atoms with van der Waals surface area (Å²) in [5, 5.41) is 5.38. The average molecular weight is 345 g/mol. The van der Waals surface area contributed by atoms with Gasteiger partial charge in [-0.3, -0.25) is 4.79 Å². The topological polar surface area (TPSA) is 57.2 Å². The van der Waals surface area contributed by atoms with Crippen LogP contribution in [0.15, 0.2) is 59.7 Å². The summed E-state index contributed by atoms with van der Waals surface area (Å²) in [5.74, 6) is 0.152. The summed E-state index contributed by atoms with van der Waals surface area (Å²) in [5.41, 5.74) is 6.93. The molecule has 1 amide bonds. The average Bonchev–Trinajstić information content (AvgIpc) is 3.08. The molecule has 2 N–H and O–H groups in total. The third kappa shape index (κ3) is 3.40. The van der Waals surface area contributed by atoms with E-state index in [2.05, 4.69) is 39.8 Å². The molecule has 4 rings (SSSR count). The van der Waals surface area contributed by atoms with E-state index in [1.54, 1.807) is 6.21 Å². The van der Waals surface area contributed by atoms with E-state index in [1.807, 2.05) is 30.3 Å². The number of carbonyl (C=O) groups excluding carboxylic acids is 1. The molecule has 1 aliphatic carbocycles. The van der Waals surface area contributed by atoms with Gasteiger partial charge in [0.1, 0.15) is 0 Å². The number of rotatable bonds is 4. The maximum Gasteiger partial charge on any atom is 0.243 e. The van der Waals surface area contributed by atoms with E-state index in [0.29, 0.717) is 0 Å². The fourth-order valence-electron chi connectivity index (χ4n) is 3.75. The highest BCUT2D eigenvalue weighted by Gasteiger charge is 2.20. The Kier molecular flexibility index (Phi) is 4.82. The number of benzene rings is 2. The third-order valence-electron chi connectivity index (χ3n) is 5.15. The Labute approximate surface area is 153 Å². The number of nitrogens with zero attached hydrogens (tertiary/aromatic N) is 1. The monoisotopic (exact) mass is 345 g/mol. The Hall–Kier alpha value is -2.88. The number of amides is 1. The summed E-state index contributed by atoms with van der Waals surface area (Å²) in [6.07, 6.45) is 7.24. The van der Waals surface area contributed by atoms with Crippen molar-refractivity contribution < 1.29 is 4.79 Å². The SMILES string of the molecule is O=C(N/N=C/c1c(-c2ccccc2)[nH]c2ccccc12)C1CCCCC1. The Morgan fingerprint density at radius 1 is 1.00 bits per heavy atom. The Balaban J connectivity index is 1.61. The van der Waals surface area contributed by atoms with Crippen LogP contribution in [0.5, 0.6) is 0 Å². The van der Waals surface area contributed by atoms with Crippen molar-refractivity contribution in [3.63, 3.8) is 0 Å². The normalized spacial score (nSPS) is 15.5. The van der Waals surface area contributed by atoms with Crippen molar-refractivity contribution >= 4 is 23.0 Å². The molecule has 0 unspecified atom stereocenters. The molecule has 2 aromatic carbocycles. The molecule has 0 bridgehead atoms. The largest absolute Gasteiger partial charge is 0.354 e. The van der Waals surface area contributed by atoms with Gasteiger partial charge in [-0.25, -0.2) is 5.43 Å². The molecule has 1 saturated carbocycles. The molecule has 0 spiro atoms. The summed E-state index contributed by atoms with van der Waals surface area (Å²) in [4.78, 5) is 15.8. The maximum atomic E-state index is 12.3. The lowest BCUT2D eigenvalue weighted by Gasteiger charge is -2.19. The highest BCUT2D eigenvalue weighted by molar-refractivity contribution is 6.06. The number of hydrogen-bond donors (Lipinski definition) is 2. The van der Waals surface area contributed by atoms with Crippen LogP contribution in [0.4, 0.5) is 0 Å². The number of nitrogens with one attached hydrogen (secondary N) is 2. The second-order valence-electron chi connectivity index (χ2n) is 6.89. The smallest absolute Gasteiger partial charge is 0.243 e. The molecule has 1 aliphatic rings. The standard InChI is InChI=1S/C22H23N3O/c26-22(17-11-5-2-6-12-17)25-23-15-19-18-13-7-8-14-20(18)24-21(19)16-9-3-1-4-10-16/h1,3-4,7-10,13-15,17,24H,2,5-6,11-12H2,(H,25,26)/b23-15+. The number of aromatic amines is 1. The molecule has 4 nitrogen and oxygen atoms in total. The van der Waals surface area contributed by atoms with Crippen molar-refractivity contribution in [3.05, 3.63) is 60.2 Å². The van der Waals surface area contributed by atoms with Crippen molar-refractivity contribution in [1.29, 1.82) is 0 Å². The van der Waals surface area contributed by atoms with Gasteiger partial charge in [-0.05, 0) is 24.5 Å². The number of hydrazone groups is 1. The minimum atomic E-state index is 0.0436. The minimum absolute atomic E-state index is 0.0436. The van der Waals surface area contributed by atoms with Gasteiger partial charge in [-0.15, -0.1) is 0 Å². The van der Waals surface area contributed by atoms with Crippen molar-refractivity contribution in [2.45, 2.75) is 32.1 Å². The molecule has 0 aliphatic heterocycles. The van der Waals surface area contributed by atoms with Gasteiger partial charge in [0.05, 0.1) is 11.9 Å². The molecule has 4 heteroatoms.